The molecule has 0 unspecified atom stereocenters. The first-order chi connectivity index (χ1) is 15.9. The normalized spacial score (nSPS) is 16.0. The lowest BCUT2D eigenvalue weighted by molar-refractivity contribution is -0.115. The van der Waals surface area contributed by atoms with Crippen molar-refractivity contribution in [2.24, 2.45) is 0 Å². The summed E-state index contributed by atoms with van der Waals surface area (Å²) in [5.41, 5.74) is 1.61. The van der Waals surface area contributed by atoms with Gasteiger partial charge in [0.05, 0.1) is 18.1 Å². The zero-order valence-electron chi connectivity index (χ0n) is 17.7. The molecule has 2 aliphatic rings. The van der Waals surface area contributed by atoms with Crippen LogP contribution in [-0.4, -0.2) is 56.8 Å². The molecule has 0 atom stereocenters. The van der Waals surface area contributed by atoms with Gasteiger partial charge in [-0.3, -0.25) is 10.1 Å². The third-order valence-electron chi connectivity index (χ3n) is 5.04. The molecule has 1 amide bonds. The number of hydrogen-bond acceptors (Lipinski definition) is 7. The van der Waals surface area contributed by atoms with E-state index in [9.17, 15) is 13.2 Å². The van der Waals surface area contributed by atoms with Crippen molar-refractivity contribution in [1.29, 1.82) is 0 Å². The molecular formula is C22H23N3O6S2. The number of sulfonamides is 1. The van der Waals surface area contributed by atoms with Crippen molar-refractivity contribution in [3.05, 3.63) is 59.7 Å². The van der Waals surface area contributed by atoms with Gasteiger partial charge >= 0.3 is 0 Å². The molecule has 4 rings (SSSR count). The molecule has 0 bridgehead atoms. The van der Waals surface area contributed by atoms with Gasteiger partial charge in [0, 0.05) is 25.7 Å². The number of carbonyl (C=O) groups is 1. The quantitative estimate of drug-likeness (QED) is 0.466. The number of nitrogens with zero attached hydrogens (tertiary/aromatic N) is 1. The zero-order valence-corrected chi connectivity index (χ0v) is 19.3. The Morgan fingerprint density at radius 1 is 1.06 bits per heavy atom. The Balaban J connectivity index is 1.27. The second-order valence-corrected chi connectivity index (χ2v) is 9.62. The lowest BCUT2D eigenvalue weighted by Crippen LogP contribution is -2.40. The topological polar surface area (TPSA) is 106 Å². The summed E-state index contributed by atoms with van der Waals surface area (Å²) in [6, 6.07) is 11.9. The van der Waals surface area contributed by atoms with E-state index in [1.54, 1.807) is 18.2 Å². The second kappa shape index (κ2) is 10.3. The molecule has 0 radical (unpaired) electrons. The Morgan fingerprint density at radius 2 is 1.79 bits per heavy atom. The van der Waals surface area contributed by atoms with Crippen LogP contribution in [0.3, 0.4) is 0 Å². The third kappa shape index (κ3) is 5.88. The fraction of sp³-hybridized carbons (Fsp3) is 0.273. The van der Waals surface area contributed by atoms with Crippen LogP contribution in [0.4, 0.5) is 0 Å². The van der Waals surface area contributed by atoms with Crippen LogP contribution in [0.1, 0.15) is 11.1 Å². The van der Waals surface area contributed by atoms with E-state index in [1.165, 1.54) is 22.5 Å². The van der Waals surface area contributed by atoms with Gasteiger partial charge in [-0.05, 0) is 53.7 Å². The van der Waals surface area contributed by atoms with E-state index in [1.807, 2.05) is 18.2 Å². The molecule has 2 aromatic rings. The molecule has 9 nitrogen and oxygen atoms in total. The van der Waals surface area contributed by atoms with Gasteiger partial charge in [-0.15, -0.1) is 0 Å². The van der Waals surface area contributed by atoms with Gasteiger partial charge in [0.15, 0.2) is 16.6 Å². The Morgan fingerprint density at radius 3 is 2.55 bits per heavy atom. The second-order valence-electron chi connectivity index (χ2n) is 7.28. The van der Waals surface area contributed by atoms with Crippen LogP contribution in [0.25, 0.3) is 6.08 Å². The minimum absolute atomic E-state index is 0.189. The zero-order chi connectivity index (χ0) is 23.3. The Bertz CT molecular complexity index is 1160. The molecule has 33 heavy (non-hydrogen) atoms. The summed E-state index contributed by atoms with van der Waals surface area (Å²) in [7, 11) is -3.55. The van der Waals surface area contributed by atoms with Crippen LogP contribution in [0.5, 0.6) is 11.5 Å². The van der Waals surface area contributed by atoms with Gasteiger partial charge in [-0.1, -0.05) is 18.2 Å². The predicted octanol–water partition coefficient (Wildman–Crippen LogP) is 1.64. The summed E-state index contributed by atoms with van der Waals surface area (Å²) in [6.45, 7) is 2.09. The number of amides is 1. The van der Waals surface area contributed by atoms with Crippen LogP contribution >= 0.6 is 12.2 Å². The number of morpholine rings is 1. The van der Waals surface area contributed by atoms with Crippen molar-refractivity contribution >= 4 is 39.3 Å². The summed E-state index contributed by atoms with van der Waals surface area (Å²) < 4.78 is 42.6. The van der Waals surface area contributed by atoms with Crippen molar-refractivity contribution in [3.8, 4) is 11.5 Å². The van der Waals surface area contributed by atoms with Crippen LogP contribution < -0.4 is 20.1 Å². The summed E-state index contributed by atoms with van der Waals surface area (Å²) >= 11 is 5.17. The molecule has 174 valence electrons. The van der Waals surface area contributed by atoms with Crippen molar-refractivity contribution < 1.29 is 27.4 Å². The third-order valence-corrected chi connectivity index (χ3v) is 7.20. The molecule has 2 heterocycles. The van der Waals surface area contributed by atoms with Crippen LogP contribution in [0.15, 0.2) is 53.4 Å². The van der Waals surface area contributed by atoms with Crippen LogP contribution in [0, 0.1) is 0 Å². The van der Waals surface area contributed by atoms with Crippen LogP contribution in [-0.2, 0) is 26.1 Å². The standard InChI is InChI=1S/C22H23N3O6S2/c26-21(24-22(32)23-14-17-3-7-19-20(13-17)31-15-30-19)8-4-16-1-5-18(6-2-16)33(27,28)25-9-11-29-12-10-25/h1-8,13H,9-12,14-15H2,(H2,23,24,26,32)/b8-4+. The van der Waals surface area contributed by atoms with Crippen LogP contribution in [0.2, 0.25) is 0 Å². The number of carbonyl (C=O) groups excluding carboxylic acids is 1. The minimum atomic E-state index is -3.55. The van der Waals surface area contributed by atoms with E-state index in [-0.39, 0.29) is 16.8 Å². The van der Waals surface area contributed by atoms with E-state index in [2.05, 4.69) is 10.6 Å². The SMILES string of the molecule is O=C(/C=C/c1ccc(S(=O)(=O)N2CCOCC2)cc1)NC(=S)NCc1ccc2c(c1)OCO2. The molecular weight excluding hydrogens is 466 g/mol. The number of thiocarbonyl (C=S) groups is 1. The molecule has 2 aliphatic heterocycles. The fourth-order valence-electron chi connectivity index (χ4n) is 3.29. The Labute approximate surface area is 197 Å². The largest absolute Gasteiger partial charge is 0.454 e. The summed E-state index contributed by atoms with van der Waals surface area (Å²) in [4.78, 5) is 12.4. The molecule has 1 saturated heterocycles. The summed E-state index contributed by atoms with van der Waals surface area (Å²) in [6.07, 6.45) is 2.92. The molecule has 0 spiro atoms. The first kappa shape index (κ1) is 23.2. The van der Waals surface area contributed by atoms with Gasteiger partial charge in [-0.2, -0.15) is 4.31 Å². The molecule has 2 N–H and O–H groups in total. The number of rotatable bonds is 6. The average molecular weight is 490 g/mol. The highest BCUT2D eigenvalue weighted by atomic mass is 32.2. The van der Waals surface area contributed by atoms with Gasteiger partial charge < -0.3 is 19.5 Å². The maximum Gasteiger partial charge on any atom is 0.250 e. The highest BCUT2D eigenvalue weighted by Gasteiger charge is 2.26. The van der Waals surface area contributed by atoms with Crippen molar-refractivity contribution in [1.82, 2.24) is 14.9 Å². The molecule has 0 aromatic heterocycles. The lowest BCUT2D eigenvalue weighted by Gasteiger charge is -2.26. The maximum atomic E-state index is 12.7. The summed E-state index contributed by atoms with van der Waals surface area (Å²) in [5.74, 6) is 0.977. The number of ether oxygens (including phenoxy) is 3. The first-order valence-corrected chi connectivity index (χ1v) is 12.1. The number of fused-ring (bicyclic) bond motifs is 1. The highest BCUT2D eigenvalue weighted by molar-refractivity contribution is 7.89. The van der Waals surface area contributed by atoms with Crippen molar-refractivity contribution in [2.75, 3.05) is 33.1 Å². The maximum absolute atomic E-state index is 12.7. The highest BCUT2D eigenvalue weighted by Crippen LogP contribution is 2.32. The first-order valence-electron chi connectivity index (χ1n) is 10.3. The molecule has 0 aliphatic carbocycles. The smallest absolute Gasteiger partial charge is 0.250 e. The molecule has 1 fully saturated rings. The van der Waals surface area contributed by atoms with E-state index in [0.717, 1.165) is 5.56 Å². The predicted molar refractivity (Wildman–Crippen MR) is 125 cm³/mol. The lowest BCUT2D eigenvalue weighted by atomic mass is 10.2. The molecule has 2 aromatic carbocycles. The molecule has 0 saturated carbocycles. The van der Waals surface area contributed by atoms with E-state index in [0.29, 0.717) is 49.9 Å². The van der Waals surface area contributed by atoms with Gasteiger partial charge in [0.25, 0.3) is 0 Å². The van der Waals surface area contributed by atoms with E-state index in [4.69, 9.17) is 26.4 Å². The van der Waals surface area contributed by atoms with Crippen molar-refractivity contribution in [3.63, 3.8) is 0 Å². The Kier molecular flexibility index (Phi) is 7.23. The van der Waals surface area contributed by atoms with Gasteiger partial charge in [0.1, 0.15) is 0 Å². The van der Waals surface area contributed by atoms with Gasteiger partial charge in [-0.25, -0.2) is 8.42 Å². The fourth-order valence-corrected chi connectivity index (χ4v) is 4.87. The number of nitrogens with one attached hydrogen (secondary N) is 2. The summed E-state index contributed by atoms with van der Waals surface area (Å²) in [5, 5.41) is 5.73. The minimum Gasteiger partial charge on any atom is -0.454 e. The van der Waals surface area contributed by atoms with Crippen molar-refractivity contribution in [2.45, 2.75) is 11.4 Å². The monoisotopic (exact) mass is 489 g/mol. The van der Waals surface area contributed by atoms with E-state index >= 15 is 0 Å². The van der Waals surface area contributed by atoms with Gasteiger partial charge in [0.2, 0.25) is 22.7 Å². The van der Waals surface area contributed by atoms with E-state index < -0.39 is 15.9 Å². The molecule has 11 heteroatoms. The number of hydrogen-bond donors (Lipinski definition) is 2. The average Bonchev–Trinajstić information content (AvgIpc) is 3.30. The number of benzene rings is 2. The Hall–Kier alpha value is -2.99.